The number of ether oxygens (including phenoxy) is 2. The summed E-state index contributed by atoms with van der Waals surface area (Å²) in [5.41, 5.74) is 0. The predicted molar refractivity (Wildman–Crippen MR) is 109 cm³/mol. The molecule has 0 aromatic heterocycles. The van der Waals surface area contributed by atoms with Crippen molar-refractivity contribution >= 4 is 11.8 Å². The number of amides is 2. The van der Waals surface area contributed by atoms with Gasteiger partial charge in [0.1, 0.15) is 6.61 Å². The standard InChI is InChI=1S/C20H39N3O4/c1-4-6-7-8-9-10-18(5-2)27-17-20(25)23-14-16-26-15-13-22-19(24)11-12-21-3/h5,18,21H,2,4,6-17H2,1,3H3,(H,22,24)(H,23,25). The number of nitrogens with one attached hydrogen (secondary N) is 3. The van der Waals surface area contributed by atoms with Crippen molar-refractivity contribution in [3.8, 4) is 0 Å². The van der Waals surface area contributed by atoms with Gasteiger partial charge in [-0.2, -0.15) is 0 Å². The molecule has 0 saturated carbocycles. The Morgan fingerprint density at radius 2 is 1.67 bits per heavy atom. The third kappa shape index (κ3) is 17.7. The van der Waals surface area contributed by atoms with E-state index < -0.39 is 0 Å². The van der Waals surface area contributed by atoms with Gasteiger partial charge in [-0.1, -0.05) is 45.1 Å². The van der Waals surface area contributed by atoms with E-state index in [4.69, 9.17) is 9.47 Å². The fraction of sp³-hybridized carbons (Fsp3) is 0.800. The lowest BCUT2D eigenvalue weighted by atomic mass is 10.1. The van der Waals surface area contributed by atoms with Gasteiger partial charge < -0.3 is 25.4 Å². The molecule has 27 heavy (non-hydrogen) atoms. The number of rotatable bonds is 19. The van der Waals surface area contributed by atoms with E-state index in [9.17, 15) is 9.59 Å². The average Bonchev–Trinajstić information content (AvgIpc) is 2.67. The summed E-state index contributed by atoms with van der Waals surface area (Å²) < 4.78 is 11.0. The highest BCUT2D eigenvalue weighted by Gasteiger charge is 2.08. The minimum Gasteiger partial charge on any atom is -0.378 e. The van der Waals surface area contributed by atoms with Crippen LogP contribution in [-0.2, 0) is 19.1 Å². The third-order valence-corrected chi connectivity index (χ3v) is 4.02. The highest BCUT2D eigenvalue weighted by molar-refractivity contribution is 5.77. The van der Waals surface area contributed by atoms with Gasteiger partial charge in [-0.15, -0.1) is 6.58 Å². The second kappa shape index (κ2) is 19.3. The number of unbranched alkanes of at least 4 members (excludes halogenated alkanes) is 4. The number of hydrogen-bond donors (Lipinski definition) is 3. The molecule has 0 fully saturated rings. The molecular formula is C20H39N3O4. The Morgan fingerprint density at radius 3 is 2.30 bits per heavy atom. The molecule has 0 rings (SSSR count). The Kier molecular flexibility index (Phi) is 18.3. The molecule has 7 heteroatoms. The first-order valence-corrected chi connectivity index (χ1v) is 10.1. The summed E-state index contributed by atoms with van der Waals surface area (Å²) in [6.45, 7) is 8.39. The molecule has 158 valence electrons. The summed E-state index contributed by atoms with van der Waals surface area (Å²) in [6, 6.07) is 0. The Hall–Kier alpha value is -1.44. The molecule has 0 aliphatic rings. The first-order chi connectivity index (χ1) is 13.1. The first kappa shape index (κ1) is 25.6. The molecule has 0 aromatic rings. The van der Waals surface area contributed by atoms with Gasteiger partial charge in [0.2, 0.25) is 11.8 Å². The maximum absolute atomic E-state index is 11.8. The molecule has 1 atom stereocenters. The van der Waals surface area contributed by atoms with Crippen molar-refractivity contribution in [2.75, 3.05) is 46.5 Å². The normalized spacial score (nSPS) is 11.8. The van der Waals surface area contributed by atoms with Gasteiger partial charge in [0.15, 0.2) is 0 Å². The van der Waals surface area contributed by atoms with E-state index in [-0.39, 0.29) is 24.5 Å². The maximum atomic E-state index is 11.8. The number of hydrogen-bond acceptors (Lipinski definition) is 5. The van der Waals surface area contributed by atoms with Gasteiger partial charge in [0.05, 0.1) is 19.3 Å². The van der Waals surface area contributed by atoms with Crippen LogP contribution in [-0.4, -0.2) is 64.4 Å². The highest BCUT2D eigenvalue weighted by Crippen LogP contribution is 2.10. The topological polar surface area (TPSA) is 88.7 Å². The Balaban J connectivity index is 3.53. The third-order valence-electron chi connectivity index (χ3n) is 4.02. The van der Waals surface area contributed by atoms with Gasteiger partial charge in [-0.3, -0.25) is 9.59 Å². The zero-order chi connectivity index (χ0) is 20.2. The SMILES string of the molecule is C=CC(CCCCCCC)OCC(=O)NCCOCCNC(=O)CCNC. The van der Waals surface area contributed by atoms with Crippen LogP contribution in [0, 0.1) is 0 Å². The van der Waals surface area contributed by atoms with Crippen LogP contribution in [0.3, 0.4) is 0 Å². The summed E-state index contributed by atoms with van der Waals surface area (Å²) >= 11 is 0. The van der Waals surface area contributed by atoms with E-state index in [1.54, 1.807) is 6.08 Å². The molecule has 0 aliphatic heterocycles. The molecule has 2 amide bonds. The molecule has 0 aromatic carbocycles. The van der Waals surface area contributed by atoms with Gasteiger partial charge >= 0.3 is 0 Å². The van der Waals surface area contributed by atoms with Crippen molar-refractivity contribution in [3.63, 3.8) is 0 Å². The minimum absolute atomic E-state index is 0.000498. The fourth-order valence-electron chi connectivity index (χ4n) is 2.41. The highest BCUT2D eigenvalue weighted by atomic mass is 16.5. The van der Waals surface area contributed by atoms with Crippen LogP contribution in [0.4, 0.5) is 0 Å². The van der Waals surface area contributed by atoms with Crippen molar-refractivity contribution in [1.82, 2.24) is 16.0 Å². The van der Waals surface area contributed by atoms with Crippen LogP contribution in [0.25, 0.3) is 0 Å². The van der Waals surface area contributed by atoms with E-state index in [1.165, 1.54) is 25.7 Å². The van der Waals surface area contributed by atoms with Crippen LogP contribution in [0.1, 0.15) is 51.9 Å². The van der Waals surface area contributed by atoms with Gasteiger partial charge in [-0.25, -0.2) is 0 Å². The maximum Gasteiger partial charge on any atom is 0.246 e. The number of carbonyl (C=O) groups excluding carboxylic acids is 2. The lowest BCUT2D eigenvalue weighted by Crippen LogP contribution is -2.33. The van der Waals surface area contributed by atoms with Gasteiger partial charge in [0, 0.05) is 26.1 Å². The Labute approximate surface area is 164 Å². The second-order valence-electron chi connectivity index (χ2n) is 6.45. The first-order valence-electron chi connectivity index (χ1n) is 10.1. The lowest BCUT2D eigenvalue weighted by Gasteiger charge is -2.14. The average molecular weight is 386 g/mol. The van der Waals surface area contributed by atoms with Crippen molar-refractivity contribution in [1.29, 1.82) is 0 Å². The fourth-order valence-corrected chi connectivity index (χ4v) is 2.41. The van der Waals surface area contributed by atoms with Crippen molar-refractivity contribution in [2.45, 2.75) is 58.0 Å². The summed E-state index contributed by atoms with van der Waals surface area (Å²) in [6.07, 6.45) is 9.10. The van der Waals surface area contributed by atoms with E-state index in [0.29, 0.717) is 39.3 Å². The molecular weight excluding hydrogens is 346 g/mol. The van der Waals surface area contributed by atoms with Crippen molar-refractivity contribution < 1.29 is 19.1 Å². The quantitative estimate of drug-likeness (QED) is 0.233. The van der Waals surface area contributed by atoms with E-state index in [2.05, 4.69) is 29.5 Å². The van der Waals surface area contributed by atoms with E-state index >= 15 is 0 Å². The van der Waals surface area contributed by atoms with Crippen molar-refractivity contribution in [3.05, 3.63) is 12.7 Å². The number of carbonyl (C=O) groups is 2. The van der Waals surface area contributed by atoms with Gasteiger partial charge in [0.25, 0.3) is 0 Å². The second-order valence-corrected chi connectivity index (χ2v) is 6.45. The molecule has 0 saturated heterocycles. The van der Waals surface area contributed by atoms with Crippen LogP contribution < -0.4 is 16.0 Å². The zero-order valence-electron chi connectivity index (χ0n) is 17.2. The molecule has 0 bridgehead atoms. The zero-order valence-corrected chi connectivity index (χ0v) is 17.2. The van der Waals surface area contributed by atoms with Gasteiger partial charge in [-0.05, 0) is 13.5 Å². The van der Waals surface area contributed by atoms with Crippen LogP contribution >= 0.6 is 0 Å². The largest absolute Gasteiger partial charge is 0.378 e. The smallest absolute Gasteiger partial charge is 0.246 e. The summed E-state index contributed by atoms with van der Waals surface area (Å²) in [5, 5.41) is 8.44. The lowest BCUT2D eigenvalue weighted by molar-refractivity contribution is -0.127. The van der Waals surface area contributed by atoms with Crippen molar-refractivity contribution in [2.24, 2.45) is 0 Å². The summed E-state index contributed by atoms with van der Waals surface area (Å²) in [5.74, 6) is -0.155. The summed E-state index contributed by atoms with van der Waals surface area (Å²) in [7, 11) is 1.81. The van der Waals surface area contributed by atoms with Crippen LogP contribution in [0.2, 0.25) is 0 Å². The predicted octanol–water partition coefficient (Wildman–Crippen LogP) is 1.78. The molecule has 3 N–H and O–H groups in total. The molecule has 0 radical (unpaired) electrons. The molecule has 7 nitrogen and oxygen atoms in total. The molecule has 1 unspecified atom stereocenters. The monoisotopic (exact) mass is 385 g/mol. The molecule has 0 aliphatic carbocycles. The molecule has 0 heterocycles. The summed E-state index contributed by atoms with van der Waals surface area (Å²) in [4.78, 5) is 23.1. The van der Waals surface area contributed by atoms with E-state index in [0.717, 1.165) is 12.8 Å². The Bertz CT molecular complexity index is 391. The van der Waals surface area contributed by atoms with Crippen LogP contribution in [0.5, 0.6) is 0 Å². The Morgan fingerprint density at radius 1 is 1.00 bits per heavy atom. The molecule has 0 spiro atoms. The minimum atomic E-state index is -0.156. The van der Waals surface area contributed by atoms with Crippen LogP contribution in [0.15, 0.2) is 12.7 Å². The van der Waals surface area contributed by atoms with E-state index in [1.807, 2.05) is 7.05 Å².